The van der Waals surface area contributed by atoms with Gasteiger partial charge in [0.25, 0.3) is 0 Å². The Morgan fingerprint density at radius 2 is 1.04 bits per heavy atom. The van der Waals surface area contributed by atoms with Gasteiger partial charge in [0.2, 0.25) is 0 Å². The van der Waals surface area contributed by atoms with E-state index in [0.29, 0.717) is 13.0 Å². The molecule has 2 unspecified atom stereocenters. The van der Waals surface area contributed by atoms with Crippen molar-refractivity contribution in [1.29, 1.82) is 0 Å². The van der Waals surface area contributed by atoms with Gasteiger partial charge in [-0.15, -0.1) is 0 Å². The van der Waals surface area contributed by atoms with E-state index in [4.69, 9.17) is 18.5 Å². The van der Waals surface area contributed by atoms with Crippen LogP contribution in [0, 0.1) is 0 Å². The van der Waals surface area contributed by atoms with Crippen molar-refractivity contribution < 1.29 is 37.6 Å². The number of esters is 2. The lowest BCUT2D eigenvalue weighted by molar-refractivity contribution is -0.161. The number of nitrogens with zero attached hydrogens (tertiary/aromatic N) is 1. The number of likely N-dealkylation sites (N-methyl/N-ethyl adjacent to an activating group) is 1. The summed E-state index contributed by atoms with van der Waals surface area (Å²) in [5.74, 6) is -0.807. The summed E-state index contributed by atoms with van der Waals surface area (Å²) < 4.78 is 33.4. The third-order valence-corrected chi connectivity index (χ3v) is 10.00. The zero-order valence-corrected chi connectivity index (χ0v) is 34.9. The Labute approximate surface area is 319 Å². The van der Waals surface area contributed by atoms with Gasteiger partial charge in [-0.1, -0.05) is 154 Å². The normalized spacial score (nSPS) is 13.7. The fraction of sp³-hybridized carbons (Fsp3) is 0.857. The molecule has 0 saturated heterocycles. The number of hydrogen-bond donors (Lipinski definition) is 1. The molecule has 1 N–H and O–H groups in total. The van der Waals surface area contributed by atoms with Crippen LogP contribution >= 0.6 is 7.82 Å². The van der Waals surface area contributed by atoms with Crippen molar-refractivity contribution >= 4 is 19.8 Å². The fourth-order valence-electron chi connectivity index (χ4n) is 5.72. The highest BCUT2D eigenvalue weighted by Crippen LogP contribution is 2.43. The third-order valence-electron chi connectivity index (χ3n) is 9.01. The number of allylic oxidation sites excluding steroid dienone is 4. The average Bonchev–Trinajstić information content (AvgIpc) is 3.11. The minimum atomic E-state index is -4.36. The predicted octanol–water partition coefficient (Wildman–Crippen LogP) is 11.8. The molecule has 0 aliphatic rings. The van der Waals surface area contributed by atoms with Crippen molar-refractivity contribution in [2.24, 2.45) is 0 Å². The van der Waals surface area contributed by atoms with E-state index in [1.165, 1.54) is 103 Å². The van der Waals surface area contributed by atoms with Gasteiger partial charge in [0.05, 0.1) is 13.2 Å². The van der Waals surface area contributed by atoms with Gasteiger partial charge in [0, 0.05) is 19.4 Å². The topological polar surface area (TPSA) is 112 Å². The van der Waals surface area contributed by atoms with Crippen LogP contribution in [-0.2, 0) is 32.7 Å². The van der Waals surface area contributed by atoms with Crippen molar-refractivity contribution in [1.82, 2.24) is 4.90 Å². The molecule has 0 spiro atoms. The molecular formula is C42H80NO8P. The van der Waals surface area contributed by atoms with Gasteiger partial charge in [-0.25, -0.2) is 4.57 Å². The summed E-state index contributed by atoms with van der Waals surface area (Å²) in [7, 11) is -0.709. The van der Waals surface area contributed by atoms with Gasteiger partial charge >= 0.3 is 19.8 Å². The summed E-state index contributed by atoms with van der Waals surface area (Å²) >= 11 is 0. The lowest BCUT2D eigenvalue weighted by Gasteiger charge is -2.20. The van der Waals surface area contributed by atoms with Crippen molar-refractivity contribution in [3.05, 3.63) is 24.3 Å². The first-order valence-electron chi connectivity index (χ1n) is 21.1. The number of hydrogen-bond acceptors (Lipinski definition) is 8. The van der Waals surface area contributed by atoms with Gasteiger partial charge in [-0.2, -0.15) is 0 Å². The second-order valence-electron chi connectivity index (χ2n) is 14.5. The van der Waals surface area contributed by atoms with Crippen LogP contribution in [0.25, 0.3) is 0 Å². The first-order chi connectivity index (χ1) is 25.2. The number of phosphoric acid groups is 1. The fourth-order valence-corrected chi connectivity index (χ4v) is 6.46. The van der Waals surface area contributed by atoms with Gasteiger partial charge in [0.15, 0.2) is 6.10 Å². The van der Waals surface area contributed by atoms with Crippen LogP contribution in [0.1, 0.15) is 187 Å². The number of carbonyl (C=O) groups is 2. The number of carbonyl (C=O) groups excluding carboxylic acids is 2. The Hall–Kier alpha value is -1.51. The first kappa shape index (κ1) is 50.5. The molecule has 52 heavy (non-hydrogen) atoms. The molecule has 0 aromatic carbocycles. The predicted molar refractivity (Wildman–Crippen MR) is 215 cm³/mol. The Balaban J connectivity index is 4.28. The maximum Gasteiger partial charge on any atom is 0.472 e. The molecule has 0 rings (SSSR count). The van der Waals surface area contributed by atoms with Crippen LogP contribution in [0.4, 0.5) is 0 Å². The summed E-state index contributed by atoms with van der Waals surface area (Å²) in [6.45, 7) is 4.29. The minimum absolute atomic E-state index is 0.00782. The second kappa shape index (κ2) is 37.8. The van der Waals surface area contributed by atoms with E-state index < -0.39 is 26.5 Å². The molecule has 0 radical (unpaired) electrons. The van der Waals surface area contributed by atoms with E-state index in [9.17, 15) is 19.0 Å². The molecular weight excluding hydrogens is 677 g/mol. The van der Waals surface area contributed by atoms with Crippen LogP contribution in [0.2, 0.25) is 0 Å². The van der Waals surface area contributed by atoms with Crippen molar-refractivity contribution in [3.8, 4) is 0 Å². The van der Waals surface area contributed by atoms with Gasteiger partial charge < -0.3 is 19.3 Å². The highest BCUT2D eigenvalue weighted by Gasteiger charge is 2.26. The van der Waals surface area contributed by atoms with Gasteiger partial charge in [-0.3, -0.25) is 18.6 Å². The number of ether oxygens (including phenoxy) is 2. The van der Waals surface area contributed by atoms with E-state index in [1.54, 1.807) is 0 Å². The quantitative estimate of drug-likeness (QED) is 0.0283. The van der Waals surface area contributed by atoms with Crippen LogP contribution in [0.3, 0.4) is 0 Å². The summed E-state index contributed by atoms with van der Waals surface area (Å²) in [5.41, 5.74) is 0. The summed E-state index contributed by atoms with van der Waals surface area (Å²) in [5, 5.41) is 0. The zero-order chi connectivity index (χ0) is 38.4. The smallest absolute Gasteiger partial charge is 0.462 e. The highest BCUT2D eigenvalue weighted by atomic mass is 31.2. The molecule has 0 amide bonds. The second-order valence-corrected chi connectivity index (χ2v) is 16.0. The van der Waals surface area contributed by atoms with Gasteiger partial charge in [-0.05, 0) is 59.0 Å². The van der Waals surface area contributed by atoms with E-state index >= 15 is 0 Å². The summed E-state index contributed by atoms with van der Waals surface area (Å²) in [4.78, 5) is 36.9. The molecule has 0 saturated carbocycles. The molecule has 0 aliphatic carbocycles. The molecule has 9 nitrogen and oxygen atoms in total. The first-order valence-corrected chi connectivity index (χ1v) is 22.6. The SMILES string of the molecule is CCCCC/C=C\C/C=C\CCCCCCCCCC(=O)OCC(COP(=O)(O)OCCN(C)C)OC(=O)CCCCCCCCCCCCCC. The summed E-state index contributed by atoms with van der Waals surface area (Å²) in [6, 6.07) is 0. The molecule has 0 fully saturated rings. The van der Waals surface area contributed by atoms with Crippen molar-refractivity contribution in [2.75, 3.05) is 40.5 Å². The molecule has 10 heteroatoms. The van der Waals surface area contributed by atoms with E-state index in [-0.39, 0.29) is 32.0 Å². The Kier molecular flexibility index (Phi) is 36.7. The average molecular weight is 758 g/mol. The highest BCUT2D eigenvalue weighted by molar-refractivity contribution is 7.47. The van der Waals surface area contributed by atoms with Crippen LogP contribution in [0.5, 0.6) is 0 Å². The maximum atomic E-state index is 12.6. The number of phosphoric ester groups is 1. The van der Waals surface area contributed by atoms with Crippen LogP contribution in [0.15, 0.2) is 24.3 Å². The Morgan fingerprint density at radius 3 is 1.56 bits per heavy atom. The molecule has 0 aliphatic heterocycles. The van der Waals surface area contributed by atoms with Crippen molar-refractivity contribution in [2.45, 2.75) is 193 Å². The number of rotatable bonds is 39. The maximum absolute atomic E-state index is 12.6. The molecule has 306 valence electrons. The molecule has 2 atom stereocenters. The monoisotopic (exact) mass is 758 g/mol. The van der Waals surface area contributed by atoms with E-state index in [1.807, 2.05) is 19.0 Å². The van der Waals surface area contributed by atoms with Crippen LogP contribution < -0.4 is 0 Å². The summed E-state index contributed by atoms with van der Waals surface area (Å²) in [6.07, 6.45) is 37.9. The van der Waals surface area contributed by atoms with Crippen molar-refractivity contribution in [3.63, 3.8) is 0 Å². The standard InChI is InChI=1S/C42H80NO8P/c1-5-7-9-11-13-15-17-19-20-21-22-23-25-26-28-30-32-34-41(44)48-38-40(39-50-52(46,47)49-37-36-43(3)4)51-42(45)35-33-31-29-27-24-18-16-14-12-10-8-6-2/h13,15,19-20,40H,5-12,14,16-18,21-39H2,1-4H3,(H,46,47)/b15-13-,20-19-. The number of unbranched alkanes of at least 4 members (excludes halogenated alkanes) is 21. The Morgan fingerprint density at radius 1 is 0.596 bits per heavy atom. The lowest BCUT2D eigenvalue weighted by atomic mass is 10.0. The largest absolute Gasteiger partial charge is 0.472 e. The molecule has 0 heterocycles. The minimum Gasteiger partial charge on any atom is -0.462 e. The molecule has 0 bridgehead atoms. The molecule has 0 aromatic rings. The lowest BCUT2D eigenvalue weighted by Crippen LogP contribution is -2.29. The Bertz CT molecular complexity index is 926. The zero-order valence-electron chi connectivity index (χ0n) is 34.0. The van der Waals surface area contributed by atoms with Crippen LogP contribution in [-0.4, -0.2) is 68.3 Å². The van der Waals surface area contributed by atoms with Gasteiger partial charge in [0.1, 0.15) is 6.61 Å². The van der Waals surface area contributed by atoms with E-state index in [0.717, 1.165) is 51.4 Å². The molecule has 0 aromatic heterocycles. The van der Waals surface area contributed by atoms with E-state index in [2.05, 4.69) is 38.2 Å². The third kappa shape index (κ3) is 38.2.